The molecule has 0 radical (unpaired) electrons. The van der Waals surface area contributed by atoms with Gasteiger partial charge in [-0.15, -0.1) is 0 Å². The maximum Gasteiger partial charge on any atom is 0.286 e. The Balaban J connectivity index is 1.23. The van der Waals surface area contributed by atoms with Crippen LogP contribution in [0.3, 0.4) is 0 Å². The molecular formula is C31H31BrClN5O2. The number of halogens is 2. The van der Waals surface area contributed by atoms with Crippen molar-refractivity contribution >= 4 is 39.1 Å². The largest absolute Gasteiger partial charge is 0.339 e. The lowest BCUT2D eigenvalue weighted by Gasteiger charge is -2.43. The van der Waals surface area contributed by atoms with E-state index >= 15 is 0 Å². The maximum atomic E-state index is 14.1. The number of anilines is 1. The summed E-state index contributed by atoms with van der Waals surface area (Å²) in [5.74, 6) is 0.176. The number of piperidine rings is 1. The van der Waals surface area contributed by atoms with Crippen molar-refractivity contribution < 1.29 is 4.79 Å². The first-order valence-electron chi connectivity index (χ1n) is 13.5. The summed E-state index contributed by atoms with van der Waals surface area (Å²) in [5.41, 5.74) is 3.21. The highest BCUT2D eigenvalue weighted by Crippen LogP contribution is 2.40. The Morgan fingerprint density at radius 3 is 2.05 bits per heavy atom. The van der Waals surface area contributed by atoms with Crippen LogP contribution >= 0.6 is 27.5 Å². The van der Waals surface area contributed by atoms with Crippen LogP contribution in [0.2, 0.25) is 5.02 Å². The lowest BCUT2D eigenvalue weighted by Crippen LogP contribution is -2.56. The van der Waals surface area contributed by atoms with E-state index in [0.29, 0.717) is 42.1 Å². The number of carbonyl (C=O) groups excluding carboxylic acids is 1. The highest BCUT2D eigenvalue weighted by atomic mass is 79.9. The fraction of sp³-hybridized carbons (Fsp3) is 0.290. The molecule has 2 fully saturated rings. The first-order chi connectivity index (χ1) is 19.4. The van der Waals surface area contributed by atoms with Gasteiger partial charge in [-0.3, -0.25) is 19.2 Å². The van der Waals surface area contributed by atoms with Crippen molar-refractivity contribution in [2.24, 2.45) is 7.05 Å². The zero-order valence-electron chi connectivity index (χ0n) is 22.3. The molecule has 206 valence electrons. The number of nitrogens with zero attached hydrogens (tertiary/aromatic N) is 5. The van der Waals surface area contributed by atoms with Gasteiger partial charge in [0.05, 0.1) is 18.1 Å². The second-order valence-electron chi connectivity index (χ2n) is 10.6. The molecule has 7 nitrogen and oxygen atoms in total. The molecule has 3 heterocycles. The maximum absolute atomic E-state index is 14.1. The molecule has 0 atom stereocenters. The van der Waals surface area contributed by atoms with Crippen LogP contribution in [0.25, 0.3) is 5.69 Å². The zero-order chi connectivity index (χ0) is 27.9. The number of likely N-dealkylation sites (tertiary alicyclic amines) is 1. The number of para-hydroxylation sites is 2. The van der Waals surface area contributed by atoms with Crippen molar-refractivity contribution in [2.45, 2.75) is 31.5 Å². The van der Waals surface area contributed by atoms with E-state index in [1.807, 2.05) is 89.4 Å². The zero-order valence-corrected chi connectivity index (χ0v) is 24.7. The number of carbonyl (C=O) groups is 1. The summed E-state index contributed by atoms with van der Waals surface area (Å²) in [5, 5.41) is 0.689. The molecule has 1 amide bonds. The average molecular weight is 621 g/mol. The summed E-state index contributed by atoms with van der Waals surface area (Å²) in [4.78, 5) is 33.8. The van der Waals surface area contributed by atoms with Gasteiger partial charge in [0, 0.05) is 43.9 Å². The van der Waals surface area contributed by atoms with Gasteiger partial charge in [0.1, 0.15) is 10.0 Å². The number of aromatic nitrogens is 2. The Morgan fingerprint density at radius 1 is 0.825 bits per heavy atom. The monoisotopic (exact) mass is 619 g/mol. The van der Waals surface area contributed by atoms with Gasteiger partial charge in [-0.1, -0.05) is 60.1 Å². The summed E-state index contributed by atoms with van der Waals surface area (Å²) < 4.78 is 4.20. The molecule has 1 spiro atoms. The summed E-state index contributed by atoms with van der Waals surface area (Å²) in [7, 11) is 1.92. The van der Waals surface area contributed by atoms with Crippen LogP contribution in [0.5, 0.6) is 0 Å². The smallest absolute Gasteiger partial charge is 0.286 e. The van der Waals surface area contributed by atoms with Crippen molar-refractivity contribution in [3.05, 3.63) is 116 Å². The normalized spacial score (nSPS) is 17.2. The lowest BCUT2D eigenvalue weighted by molar-refractivity contribution is -0.134. The standard InChI is InChI=1S/C31H31BrClN5O2/c1-34-27(28(32)29(39)38(34)26-10-6-3-7-11-26)21-35-18-16-31(17-19-35)30(40)36(20-23-12-14-24(33)15-13-23)22-37(31)25-8-4-2-5-9-25/h2-15H,16-22H2,1H3. The predicted molar refractivity (Wildman–Crippen MR) is 162 cm³/mol. The average Bonchev–Trinajstić information content (AvgIpc) is 3.36. The molecule has 0 bridgehead atoms. The van der Waals surface area contributed by atoms with Gasteiger partial charge in [-0.2, -0.15) is 0 Å². The van der Waals surface area contributed by atoms with Crippen molar-refractivity contribution in [1.82, 2.24) is 19.2 Å². The van der Waals surface area contributed by atoms with E-state index < -0.39 is 5.54 Å². The number of hydrogen-bond acceptors (Lipinski definition) is 4. The third-order valence-corrected chi connectivity index (χ3v) is 9.30. The van der Waals surface area contributed by atoms with E-state index in [4.69, 9.17) is 11.6 Å². The molecule has 1 aromatic heterocycles. The minimum absolute atomic E-state index is 0.0729. The van der Waals surface area contributed by atoms with E-state index in [9.17, 15) is 9.59 Å². The SMILES string of the molecule is Cn1c(CN2CCC3(CC2)C(=O)N(Cc2ccc(Cl)cc2)CN3c2ccccc2)c(Br)c(=O)n1-c1ccccc1. The predicted octanol–water partition coefficient (Wildman–Crippen LogP) is 5.43. The summed E-state index contributed by atoms with van der Waals surface area (Å²) >= 11 is 9.66. The minimum Gasteiger partial charge on any atom is -0.339 e. The van der Waals surface area contributed by atoms with E-state index in [1.165, 1.54) is 0 Å². The molecular weight excluding hydrogens is 590 g/mol. The number of benzene rings is 3. The second kappa shape index (κ2) is 10.9. The van der Waals surface area contributed by atoms with Gasteiger partial charge in [0.2, 0.25) is 5.91 Å². The number of amides is 1. The number of hydrogen-bond donors (Lipinski definition) is 0. The van der Waals surface area contributed by atoms with E-state index in [1.54, 1.807) is 4.68 Å². The van der Waals surface area contributed by atoms with Crippen LogP contribution in [0.4, 0.5) is 5.69 Å². The summed E-state index contributed by atoms with van der Waals surface area (Å²) in [6.07, 6.45) is 1.42. The molecule has 0 unspecified atom stereocenters. The third kappa shape index (κ3) is 4.78. The van der Waals surface area contributed by atoms with Gasteiger partial charge in [-0.05, 0) is 70.7 Å². The van der Waals surface area contributed by atoms with Crippen molar-refractivity contribution in [2.75, 3.05) is 24.7 Å². The van der Waals surface area contributed by atoms with Crippen LogP contribution in [-0.2, 0) is 24.9 Å². The minimum atomic E-state index is -0.594. The first-order valence-corrected chi connectivity index (χ1v) is 14.7. The molecule has 0 saturated carbocycles. The summed E-state index contributed by atoms with van der Waals surface area (Å²) in [6.45, 7) is 3.22. The van der Waals surface area contributed by atoms with Crippen LogP contribution in [0.1, 0.15) is 24.1 Å². The topological polar surface area (TPSA) is 53.7 Å². The Kier molecular flexibility index (Phi) is 7.33. The molecule has 0 aliphatic carbocycles. The van der Waals surface area contributed by atoms with Crippen LogP contribution in [0, 0.1) is 0 Å². The molecule has 4 aromatic rings. The first kappa shape index (κ1) is 26.9. The Bertz CT molecular complexity index is 1560. The Labute approximate surface area is 247 Å². The molecule has 2 aliphatic rings. The van der Waals surface area contributed by atoms with Gasteiger partial charge >= 0.3 is 0 Å². The molecule has 40 heavy (non-hydrogen) atoms. The third-order valence-electron chi connectivity index (χ3n) is 8.25. The highest BCUT2D eigenvalue weighted by molar-refractivity contribution is 9.10. The summed E-state index contributed by atoms with van der Waals surface area (Å²) in [6, 6.07) is 27.6. The van der Waals surface area contributed by atoms with E-state index in [-0.39, 0.29) is 11.5 Å². The van der Waals surface area contributed by atoms with Crippen molar-refractivity contribution in [1.29, 1.82) is 0 Å². The van der Waals surface area contributed by atoms with Gasteiger partial charge < -0.3 is 9.80 Å². The Hall–Kier alpha value is -3.33. The van der Waals surface area contributed by atoms with Gasteiger partial charge in [0.15, 0.2) is 0 Å². The van der Waals surface area contributed by atoms with E-state index in [0.717, 1.165) is 35.7 Å². The second-order valence-corrected chi connectivity index (χ2v) is 11.8. The Morgan fingerprint density at radius 2 is 1.43 bits per heavy atom. The van der Waals surface area contributed by atoms with Crippen LogP contribution < -0.4 is 10.5 Å². The molecule has 2 aliphatic heterocycles. The molecule has 9 heteroatoms. The van der Waals surface area contributed by atoms with Crippen LogP contribution in [0.15, 0.2) is 94.2 Å². The quantitative estimate of drug-likeness (QED) is 0.289. The van der Waals surface area contributed by atoms with Crippen LogP contribution in [-0.4, -0.2) is 50.4 Å². The van der Waals surface area contributed by atoms with Crippen molar-refractivity contribution in [3.63, 3.8) is 0 Å². The highest BCUT2D eigenvalue weighted by Gasteiger charge is 2.53. The van der Waals surface area contributed by atoms with Crippen molar-refractivity contribution in [3.8, 4) is 5.69 Å². The fourth-order valence-electron chi connectivity index (χ4n) is 6.07. The fourth-order valence-corrected chi connectivity index (χ4v) is 6.75. The lowest BCUT2D eigenvalue weighted by atomic mass is 9.85. The molecule has 6 rings (SSSR count). The van der Waals surface area contributed by atoms with Gasteiger partial charge in [-0.25, -0.2) is 4.68 Å². The number of rotatable bonds is 6. The molecule has 2 saturated heterocycles. The molecule has 3 aromatic carbocycles. The van der Waals surface area contributed by atoms with E-state index in [2.05, 4.69) is 37.9 Å². The molecule has 0 N–H and O–H groups in total. The van der Waals surface area contributed by atoms with Gasteiger partial charge in [0.25, 0.3) is 5.56 Å².